The first-order chi connectivity index (χ1) is 14.6. The molecule has 0 aliphatic heterocycles. The predicted molar refractivity (Wildman–Crippen MR) is 122 cm³/mol. The van der Waals surface area contributed by atoms with Crippen molar-refractivity contribution in [3.05, 3.63) is 92.4 Å². The van der Waals surface area contributed by atoms with E-state index in [1.54, 1.807) is 29.5 Å². The molecule has 7 heteroatoms. The summed E-state index contributed by atoms with van der Waals surface area (Å²) in [6, 6.07) is 18.5. The average molecular weight is 434 g/mol. The van der Waals surface area contributed by atoms with Crippen LogP contribution in [0.5, 0.6) is 0 Å². The fourth-order valence-electron chi connectivity index (χ4n) is 2.87. The van der Waals surface area contributed by atoms with Crippen LogP contribution < -0.4 is 10.6 Å². The van der Waals surface area contributed by atoms with Crippen molar-refractivity contribution in [3.63, 3.8) is 0 Å². The molecule has 2 N–H and O–H groups in total. The molecule has 2 aromatic carbocycles. The molecule has 30 heavy (non-hydrogen) atoms. The third-order valence-electron chi connectivity index (χ3n) is 4.47. The number of carbonyl (C=O) groups is 2. The van der Waals surface area contributed by atoms with E-state index in [9.17, 15) is 9.59 Å². The number of aryl methyl sites for hydroxylation is 1. The maximum absolute atomic E-state index is 12.5. The van der Waals surface area contributed by atoms with E-state index in [4.69, 9.17) is 0 Å². The maximum Gasteiger partial charge on any atom is 0.261 e. The molecule has 0 aliphatic rings. The van der Waals surface area contributed by atoms with Crippen LogP contribution in [0.2, 0.25) is 0 Å². The number of thiophene rings is 1. The number of hydrogen-bond acceptors (Lipinski definition) is 5. The van der Waals surface area contributed by atoms with Crippen molar-refractivity contribution >= 4 is 40.2 Å². The lowest BCUT2D eigenvalue weighted by molar-refractivity contribution is 0.0953. The van der Waals surface area contributed by atoms with Crippen LogP contribution in [0.4, 0.5) is 5.69 Å². The van der Waals surface area contributed by atoms with E-state index in [-0.39, 0.29) is 11.8 Å². The van der Waals surface area contributed by atoms with Gasteiger partial charge in [-0.3, -0.25) is 9.59 Å². The summed E-state index contributed by atoms with van der Waals surface area (Å²) in [6.45, 7) is 2.39. The predicted octanol–water partition coefficient (Wildman–Crippen LogP) is 5.36. The molecule has 2 amide bonds. The minimum Gasteiger partial charge on any atom is -0.347 e. The summed E-state index contributed by atoms with van der Waals surface area (Å²) in [7, 11) is 0. The number of aromatic nitrogens is 1. The average Bonchev–Trinajstić information content (AvgIpc) is 3.45. The van der Waals surface area contributed by atoms with Crippen LogP contribution in [-0.2, 0) is 6.54 Å². The number of nitrogens with one attached hydrogen (secondary N) is 2. The van der Waals surface area contributed by atoms with E-state index in [2.05, 4.69) is 15.6 Å². The Morgan fingerprint density at radius 2 is 1.70 bits per heavy atom. The molecule has 5 nitrogen and oxygen atoms in total. The second kappa shape index (κ2) is 9.02. The zero-order valence-electron chi connectivity index (χ0n) is 16.2. The van der Waals surface area contributed by atoms with Crippen molar-refractivity contribution in [1.82, 2.24) is 10.3 Å². The van der Waals surface area contributed by atoms with Gasteiger partial charge in [0.05, 0.1) is 15.6 Å². The molecule has 0 unspecified atom stereocenters. The van der Waals surface area contributed by atoms with Gasteiger partial charge in [-0.15, -0.1) is 22.7 Å². The first-order valence-corrected chi connectivity index (χ1v) is 11.1. The van der Waals surface area contributed by atoms with E-state index in [0.29, 0.717) is 17.0 Å². The van der Waals surface area contributed by atoms with Crippen LogP contribution >= 0.6 is 22.7 Å². The molecule has 0 fully saturated rings. The van der Waals surface area contributed by atoms with Crippen LogP contribution in [0.3, 0.4) is 0 Å². The van der Waals surface area contributed by atoms with Crippen molar-refractivity contribution in [2.24, 2.45) is 0 Å². The topological polar surface area (TPSA) is 71.1 Å². The molecule has 2 aromatic heterocycles. The van der Waals surface area contributed by atoms with Crippen LogP contribution in [0.25, 0.3) is 11.3 Å². The summed E-state index contributed by atoms with van der Waals surface area (Å²) >= 11 is 3.02. The summed E-state index contributed by atoms with van der Waals surface area (Å²) < 4.78 is 0. The Bertz CT molecular complexity index is 1150. The molecular weight excluding hydrogens is 414 g/mol. The van der Waals surface area contributed by atoms with Crippen LogP contribution in [0.15, 0.2) is 71.4 Å². The third-order valence-corrected chi connectivity index (χ3v) is 6.11. The number of hydrogen-bond donors (Lipinski definition) is 2. The van der Waals surface area contributed by atoms with Crippen molar-refractivity contribution in [1.29, 1.82) is 0 Å². The quantitative estimate of drug-likeness (QED) is 0.430. The zero-order valence-corrected chi connectivity index (χ0v) is 17.8. The molecule has 0 saturated carbocycles. The molecule has 0 bridgehead atoms. The van der Waals surface area contributed by atoms with E-state index < -0.39 is 0 Å². The summed E-state index contributed by atoms with van der Waals surface area (Å²) in [5.74, 6) is -0.274. The van der Waals surface area contributed by atoms with Crippen molar-refractivity contribution in [3.8, 4) is 11.3 Å². The number of thiazole rings is 1. The van der Waals surface area contributed by atoms with Crippen molar-refractivity contribution in [2.45, 2.75) is 13.5 Å². The molecular formula is C23H19N3O2S2. The molecule has 0 spiro atoms. The lowest BCUT2D eigenvalue weighted by Gasteiger charge is -2.08. The van der Waals surface area contributed by atoms with E-state index in [0.717, 1.165) is 27.5 Å². The van der Waals surface area contributed by atoms with Gasteiger partial charge in [0, 0.05) is 28.7 Å². The maximum atomic E-state index is 12.5. The standard InChI is InChI=1S/C23H19N3O2S2/c1-15-25-20(14-30-15)17-8-10-19(11-9-17)26-22(27)18-6-4-16(5-7-18)13-24-23(28)21-3-2-12-29-21/h2-12,14H,13H2,1H3,(H,24,28)(H,26,27). The summed E-state index contributed by atoms with van der Waals surface area (Å²) in [5, 5.41) is 10.7. The number of nitrogens with zero attached hydrogens (tertiary/aromatic N) is 1. The first-order valence-electron chi connectivity index (χ1n) is 9.33. The van der Waals surface area contributed by atoms with Crippen LogP contribution in [0.1, 0.15) is 30.6 Å². The van der Waals surface area contributed by atoms with Crippen LogP contribution in [-0.4, -0.2) is 16.8 Å². The fourth-order valence-corrected chi connectivity index (χ4v) is 4.14. The number of benzene rings is 2. The first kappa shape index (κ1) is 20.0. The van der Waals surface area contributed by atoms with Gasteiger partial charge in [0.2, 0.25) is 0 Å². The second-order valence-electron chi connectivity index (χ2n) is 6.64. The largest absolute Gasteiger partial charge is 0.347 e. The Hall–Kier alpha value is -3.29. The fraction of sp³-hybridized carbons (Fsp3) is 0.0870. The van der Waals surface area contributed by atoms with Gasteiger partial charge in [-0.25, -0.2) is 4.98 Å². The van der Waals surface area contributed by atoms with Gasteiger partial charge in [0.1, 0.15) is 0 Å². The third kappa shape index (κ3) is 4.82. The molecule has 2 heterocycles. The molecule has 0 radical (unpaired) electrons. The number of amides is 2. The van der Waals surface area contributed by atoms with Crippen LogP contribution in [0, 0.1) is 6.92 Å². The molecule has 0 saturated heterocycles. The Labute approximate surface area is 182 Å². The lowest BCUT2D eigenvalue weighted by Crippen LogP contribution is -2.21. The Kier molecular flexibility index (Phi) is 6.02. The highest BCUT2D eigenvalue weighted by Crippen LogP contribution is 2.23. The normalized spacial score (nSPS) is 10.6. The van der Waals surface area contributed by atoms with Gasteiger partial charge >= 0.3 is 0 Å². The molecule has 4 rings (SSSR count). The van der Waals surface area contributed by atoms with Gasteiger partial charge < -0.3 is 10.6 Å². The minimum atomic E-state index is -0.179. The Balaban J connectivity index is 1.34. The second-order valence-corrected chi connectivity index (χ2v) is 8.65. The highest BCUT2D eigenvalue weighted by atomic mass is 32.1. The monoisotopic (exact) mass is 433 g/mol. The number of carbonyl (C=O) groups excluding carboxylic acids is 2. The van der Waals surface area contributed by atoms with E-state index in [1.165, 1.54) is 11.3 Å². The minimum absolute atomic E-state index is 0.0944. The summed E-state index contributed by atoms with van der Waals surface area (Å²) in [6.07, 6.45) is 0. The zero-order chi connectivity index (χ0) is 20.9. The van der Waals surface area contributed by atoms with Gasteiger partial charge in [-0.2, -0.15) is 0 Å². The number of anilines is 1. The number of rotatable bonds is 6. The van der Waals surface area contributed by atoms with Gasteiger partial charge in [0.25, 0.3) is 11.8 Å². The highest BCUT2D eigenvalue weighted by molar-refractivity contribution is 7.12. The lowest BCUT2D eigenvalue weighted by atomic mass is 10.1. The summed E-state index contributed by atoms with van der Waals surface area (Å²) in [5.41, 5.74) is 4.17. The van der Waals surface area contributed by atoms with E-state index in [1.807, 2.05) is 60.1 Å². The molecule has 4 aromatic rings. The SMILES string of the molecule is Cc1nc(-c2ccc(NC(=O)c3ccc(CNC(=O)c4cccs4)cc3)cc2)cs1. The highest BCUT2D eigenvalue weighted by Gasteiger charge is 2.09. The van der Waals surface area contributed by atoms with Crippen molar-refractivity contribution < 1.29 is 9.59 Å². The van der Waals surface area contributed by atoms with Gasteiger partial charge in [0.15, 0.2) is 0 Å². The Morgan fingerprint density at radius 1 is 0.933 bits per heavy atom. The van der Waals surface area contributed by atoms with E-state index >= 15 is 0 Å². The molecule has 0 atom stereocenters. The smallest absolute Gasteiger partial charge is 0.261 e. The molecule has 150 valence electrons. The summed E-state index contributed by atoms with van der Waals surface area (Å²) in [4.78, 5) is 29.7. The van der Waals surface area contributed by atoms with Crippen molar-refractivity contribution in [2.75, 3.05) is 5.32 Å². The Morgan fingerprint density at radius 3 is 2.33 bits per heavy atom. The van der Waals surface area contributed by atoms with Gasteiger partial charge in [-0.05, 0) is 48.2 Å². The molecule has 0 aliphatic carbocycles. The van der Waals surface area contributed by atoms with Gasteiger partial charge in [-0.1, -0.05) is 30.3 Å².